The zero-order valence-electron chi connectivity index (χ0n) is 44.4. The van der Waals surface area contributed by atoms with E-state index in [0.29, 0.717) is 90.9 Å². The van der Waals surface area contributed by atoms with Gasteiger partial charge in [0, 0.05) is 101 Å². The van der Waals surface area contributed by atoms with Gasteiger partial charge in [0.25, 0.3) is 5.91 Å². The molecular formula is C58H68F2N10O8. The molecule has 78 heavy (non-hydrogen) atoms. The molecule has 3 N–H and O–H groups in total. The van der Waals surface area contributed by atoms with E-state index < -0.39 is 29.2 Å². The minimum atomic E-state index is -1.00. The topological polar surface area (TPSA) is 197 Å². The lowest BCUT2D eigenvalue weighted by Gasteiger charge is -2.39. The molecule has 20 heteroatoms. The van der Waals surface area contributed by atoms with Crippen molar-refractivity contribution in [1.29, 1.82) is 0 Å². The molecule has 0 radical (unpaired) electrons. The number of aliphatic hydroxyl groups is 1. The van der Waals surface area contributed by atoms with Crippen LogP contribution < -0.4 is 19.9 Å². The first-order chi connectivity index (χ1) is 37.6. The highest BCUT2D eigenvalue weighted by Crippen LogP contribution is 2.44. The lowest BCUT2D eigenvalue weighted by atomic mass is 9.94. The number of carbonyl (C=O) groups excluding carboxylic acids is 4. The van der Waals surface area contributed by atoms with E-state index in [-0.39, 0.29) is 84.2 Å². The molecule has 3 aromatic carbocycles. The Bertz CT molecular complexity index is 3200. The van der Waals surface area contributed by atoms with Gasteiger partial charge in [-0.3, -0.25) is 34.5 Å². The van der Waals surface area contributed by atoms with Crippen LogP contribution in [0, 0.1) is 17.6 Å². The Morgan fingerprint density at radius 3 is 2.47 bits per heavy atom. The summed E-state index contributed by atoms with van der Waals surface area (Å²) in [7, 11) is 0. The number of hydrogen-bond donors (Lipinski definition) is 3. The van der Waals surface area contributed by atoms with Gasteiger partial charge in [0.1, 0.15) is 47.9 Å². The van der Waals surface area contributed by atoms with Crippen LogP contribution in [0.2, 0.25) is 0 Å². The highest BCUT2D eigenvalue weighted by molar-refractivity contribution is 6.06. The number of β-amino-alcohol motifs (C(OH)–C–C–N with tert-alkyl or cyclic N) is 1. The number of phenols is 1. The molecule has 12 rings (SSSR count). The van der Waals surface area contributed by atoms with Gasteiger partial charge in [-0.15, -0.1) is 0 Å². The largest absolute Gasteiger partial charge is 0.508 e. The van der Waals surface area contributed by atoms with Crippen molar-refractivity contribution in [1.82, 2.24) is 39.9 Å². The molecule has 0 spiro atoms. The summed E-state index contributed by atoms with van der Waals surface area (Å²) in [6.45, 7) is 11.6. The molecule has 18 nitrogen and oxygen atoms in total. The molecular weight excluding hydrogens is 1000 g/mol. The van der Waals surface area contributed by atoms with Gasteiger partial charge in [-0.05, 0) is 142 Å². The Labute approximate surface area is 451 Å². The predicted molar refractivity (Wildman–Crippen MR) is 287 cm³/mol. The van der Waals surface area contributed by atoms with E-state index in [4.69, 9.17) is 19.4 Å². The van der Waals surface area contributed by atoms with Crippen molar-refractivity contribution >= 4 is 57.0 Å². The van der Waals surface area contributed by atoms with Crippen LogP contribution in [0.15, 0.2) is 48.7 Å². The first-order valence-electron chi connectivity index (χ1n) is 28.0. The number of anilines is 2. The van der Waals surface area contributed by atoms with Crippen molar-refractivity contribution in [3.8, 4) is 23.0 Å². The highest BCUT2D eigenvalue weighted by Gasteiger charge is 2.50. The number of amides is 4. The second-order valence-electron chi connectivity index (χ2n) is 23.0. The SMILES string of the molecule is CCc1c(F)ccc2cc(O)cc(-c3ncc4c(N5CCC[C@@](C)(O)C5)nc(OCC56CCCN5[C@@H](COC(=O)N5CCN(CC7CCN(c8ccc9c(c8)CN(C8CCC(=O)NC8=O)C9=O)CC7)CC5)CC6)nc4c3F)c12. The molecule has 5 aromatic rings. The summed E-state index contributed by atoms with van der Waals surface area (Å²) in [4.78, 5) is 77.8. The number of benzene rings is 3. The second-order valence-corrected chi connectivity index (χ2v) is 23.0. The second kappa shape index (κ2) is 20.8. The number of hydrogen-bond acceptors (Lipinski definition) is 15. The maximum atomic E-state index is 17.3. The van der Waals surface area contributed by atoms with Gasteiger partial charge in [0.15, 0.2) is 5.82 Å². The Morgan fingerprint density at radius 2 is 1.69 bits per heavy atom. The molecule has 4 atom stereocenters. The normalized spacial score (nSPS) is 25.3. The third-order valence-electron chi connectivity index (χ3n) is 17.9. The van der Waals surface area contributed by atoms with Gasteiger partial charge < -0.3 is 39.3 Å². The molecule has 9 heterocycles. The molecule has 0 aliphatic carbocycles. The molecule has 4 amide bonds. The van der Waals surface area contributed by atoms with E-state index in [9.17, 15) is 29.4 Å². The van der Waals surface area contributed by atoms with Gasteiger partial charge in [-0.1, -0.05) is 13.0 Å². The average Bonchev–Trinajstić information content (AvgIpc) is 4.19. The summed E-state index contributed by atoms with van der Waals surface area (Å²) in [5.74, 6) is -1.25. The number of aryl methyl sites for hydroxylation is 1. The monoisotopic (exact) mass is 1070 g/mol. The zero-order chi connectivity index (χ0) is 54.0. The number of carbonyl (C=O) groups is 4. The molecule has 412 valence electrons. The quantitative estimate of drug-likeness (QED) is 0.114. The summed E-state index contributed by atoms with van der Waals surface area (Å²) in [6, 6.07) is 11.2. The van der Waals surface area contributed by atoms with Gasteiger partial charge in [-0.2, -0.15) is 9.97 Å². The predicted octanol–water partition coefficient (Wildman–Crippen LogP) is 6.55. The fourth-order valence-electron chi connectivity index (χ4n) is 13.8. The molecule has 0 saturated carbocycles. The Kier molecular flexibility index (Phi) is 13.9. The third-order valence-corrected chi connectivity index (χ3v) is 17.9. The number of imide groups is 1. The number of phenolic OH excluding ortho intramolecular Hbond substituents is 1. The number of aromatic nitrogens is 3. The summed E-state index contributed by atoms with van der Waals surface area (Å²) >= 11 is 0. The third kappa shape index (κ3) is 9.81. The fraction of sp³-hybridized carbons (Fsp3) is 0.534. The van der Waals surface area contributed by atoms with Crippen LogP contribution in [-0.2, 0) is 27.3 Å². The van der Waals surface area contributed by atoms with Crippen LogP contribution in [0.1, 0.15) is 99.5 Å². The van der Waals surface area contributed by atoms with Crippen LogP contribution in [0.3, 0.4) is 0 Å². The van der Waals surface area contributed by atoms with Crippen molar-refractivity contribution in [2.24, 2.45) is 5.92 Å². The maximum absolute atomic E-state index is 17.3. The van der Waals surface area contributed by atoms with Crippen molar-refractivity contribution in [2.45, 2.75) is 114 Å². The summed E-state index contributed by atoms with van der Waals surface area (Å²) in [5, 5.41) is 25.7. The molecule has 7 aliphatic rings. The number of fused-ring (bicyclic) bond motifs is 4. The Hall–Kier alpha value is -6.77. The van der Waals surface area contributed by atoms with E-state index in [0.717, 1.165) is 89.0 Å². The minimum Gasteiger partial charge on any atom is -0.508 e. The van der Waals surface area contributed by atoms with Gasteiger partial charge in [0.05, 0.1) is 16.5 Å². The van der Waals surface area contributed by atoms with Crippen molar-refractivity contribution in [3.63, 3.8) is 0 Å². The first-order valence-corrected chi connectivity index (χ1v) is 28.0. The molecule has 2 aromatic heterocycles. The summed E-state index contributed by atoms with van der Waals surface area (Å²) in [5.41, 5.74) is 1.74. The smallest absolute Gasteiger partial charge is 0.409 e. The lowest BCUT2D eigenvalue weighted by molar-refractivity contribution is -0.136. The summed E-state index contributed by atoms with van der Waals surface area (Å²) in [6.07, 6.45) is 8.89. The van der Waals surface area contributed by atoms with E-state index in [1.165, 1.54) is 24.4 Å². The van der Waals surface area contributed by atoms with Crippen molar-refractivity contribution < 1.29 is 47.6 Å². The number of piperidine rings is 3. The number of aromatic hydroxyl groups is 1. The number of nitrogens with one attached hydrogen (secondary N) is 1. The van der Waals surface area contributed by atoms with E-state index >= 15 is 8.78 Å². The van der Waals surface area contributed by atoms with Crippen LogP contribution in [0.4, 0.5) is 25.1 Å². The number of rotatable bonds is 12. The molecule has 2 unspecified atom stereocenters. The zero-order valence-corrected chi connectivity index (χ0v) is 44.4. The van der Waals surface area contributed by atoms with E-state index in [2.05, 4.69) is 31.1 Å². The highest BCUT2D eigenvalue weighted by atomic mass is 19.1. The van der Waals surface area contributed by atoms with E-state index in [1.54, 1.807) is 17.9 Å². The Balaban J connectivity index is 0.656. The fourth-order valence-corrected chi connectivity index (χ4v) is 13.8. The van der Waals surface area contributed by atoms with Crippen LogP contribution in [-0.4, -0.2) is 170 Å². The lowest BCUT2D eigenvalue weighted by Crippen LogP contribution is -2.52. The van der Waals surface area contributed by atoms with Crippen LogP contribution in [0.25, 0.3) is 32.9 Å². The van der Waals surface area contributed by atoms with Gasteiger partial charge in [-0.25, -0.2) is 13.6 Å². The molecule has 7 aliphatic heterocycles. The molecule has 6 saturated heterocycles. The van der Waals surface area contributed by atoms with Gasteiger partial charge >= 0.3 is 12.1 Å². The van der Waals surface area contributed by atoms with Crippen LogP contribution in [0.5, 0.6) is 11.8 Å². The summed E-state index contributed by atoms with van der Waals surface area (Å²) < 4.78 is 45.1. The van der Waals surface area contributed by atoms with Crippen molar-refractivity contribution in [2.75, 3.05) is 88.5 Å². The van der Waals surface area contributed by atoms with Gasteiger partial charge in [0.2, 0.25) is 11.8 Å². The average molecular weight is 1070 g/mol. The number of piperazine rings is 1. The standard InChI is InChI=1S/C58H68F2N10O8/c1-3-41-45(59)9-6-36-27-40(71)28-43(48(36)41)50-49(60)51-44(29-61-50)52(68-18-4-15-57(2,76)33-68)64-55(63-51)78-34-58-16-5-19-70(58)39(12-17-58)32-77-56(75)67-24-22-65(23-25-67)30-35-13-20-66(21-14-35)38-7-8-42-37(26-38)31-69(54(42)74)46-10-11-47(72)62-53(46)73/h6-9,26-29,35,39,46,71,76H,3-5,10-25,30-34H2,1-2H3,(H,62,72,73)/t39-,46?,57-,58?/m1/s1. The number of ether oxygens (including phenoxy) is 2. The van der Waals surface area contributed by atoms with Crippen LogP contribution >= 0.6 is 0 Å². The van der Waals surface area contributed by atoms with E-state index in [1.807, 2.05) is 28.9 Å². The first kappa shape index (κ1) is 52.0. The number of halogens is 2. The number of pyridine rings is 1. The minimum absolute atomic E-state index is 0.00345. The number of nitrogens with zero attached hydrogens (tertiary/aromatic N) is 9. The molecule has 0 bridgehead atoms. The van der Waals surface area contributed by atoms with Crippen molar-refractivity contribution in [3.05, 3.63) is 77.0 Å². The maximum Gasteiger partial charge on any atom is 0.409 e. The molecule has 6 fully saturated rings. The Morgan fingerprint density at radius 1 is 0.885 bits per heavy atom.